The van der Waals surface area contributed by atoms with Gasteiger partial charge in [0.05, 0.1) is 32.3 Å². The van der Waals surface area contributed by atoms with Crippen molar-refractivity contribution in [2.75, 3.05) is 32.2 Å². The number of aromatic nitrogens is 1. The molecule has 0 atom stereocenters. The third kappa shape index (κ3) is 9.26. The largest absolute Gasteiger partial charge is 0.463 e. The fraction of sp³-hybridized carbons (Fsp3) is 0.214. The van der Waals surface area contributed by atoms with Gasteiger partial charge in [-0.15, -0.1) is 0 Å². The highest BCUT2D eigenvalue weighted by atomic mass is 35.5. The summed E-state index contributed by atoms with van der Waals surface area (Å²) in [5, 5.41) is 14.1. The van der Waals surface area contributed by atoms with Crippen LogP contribution in [0.3, 0.4) is 0 Å². The zero-order chi connectivity index (χ0) is 33.3. The Hall–Kier alpha value is -4.96. The highest BCUT2D eigenvalue weighted by Gasteiger charge is 2.31. The number of fused-ring (bicyclic) bond motifs is 1. The maximum absolute atomic E-state index is 12.7. The smallest absolute Gasteiger partial charge is 0.416 e. The Morgan fingerprint density at radius 2 is 1.80 bits per heavy atom. The molecule has 4 aromatic rings. The summed E-state index contributed by atoms with van der Waals surface area (Å²) in [5.41, 5.74) is -1.24. The van der Waals surface area contributed by atoms with E-state index in [1.54, 1.807) is 14.1 Å². The topological polar surface area (TPSA) is 150 Å². The van der Waals surface area contributed by atoms with Gasteiger partial charge < -0.3 is 19.5 Å². The first kappa shape index (κ1) is 34.5. The molecule has 0 bridgehead atoms. The first-order valence-electron chi connectivity index (χ1n) is 12.7. The van der Waals surface area contributed by atoms with E-state index < -0.39 is 46.5 Å². The van der Waals surface area contributed by atoms with Crippen LogP contribution in [0.2, 0.25) is 5.02 Å². The number of carbonyl (C=O) groups is 3. The number of nitrogens with one attached hydrogen (secondary N) is 1. The number of hydrogen-bond donors (Lipinski definition) is 1. The molecule has 1 aromatic heterocycles. The lowest BCUT2D eigenvalue weighted by Gasteiger charge is -2.12. The number of hydrogen-bond acceptors (Lipinski definition) is 10. The molecule has 0 fully saturated rings. The minimum absolute atomic E-state index is 0.0493. The molecule has 45 heavy (non-hydrogen) atoms. The quantitative estimate of drug-likeness (QED) is 0.121. The Morgan fingerprint density at radius 3 is 2.40 bits per heavy atom. The van der Waals surface area contributed by atoms with Crippen LogP contribution in [0, 0.1) is 10.1 Å². The molecule has 2 amide bonds. The summed E-state index contributed by atoms with van der Waals surface area (Å²) in [5.74, 6) is -2.36. The molecule has 0 aliphatic heterocycles. The summed E-state index contributed by atoms with van der Waals surface area (Å²) < 4.78 is 53.9. The minimum Gasteiger partial charge on any atom is -0.463 e. The molecule has 0 aliphatic carbocycles. The maximum atomic E-state index is 12.7. The molecule has 0 radical (unpaired) electrons. The van der Waals surface area contributed by atoms with Crippen LogP contribution in [-0.4, -0.2) is 55.2 Å². The minimum atomic E-state index is -4.61. The van der Waals surface area contributed by atoms with Crippen molar-refractivity contribution in [3.05, 3.63) is 86.9 Å². The Kier molecular flexibility index (Phi) is 11.6. The van der Waals surface area contributed by atoms with Crippen molar-refractivity contribution in [3.63, 3.8) is 0 Å². The zero-order valence-electron chi connectivity index (χ0n) is 23.7. The number of rotatable bonds is 8. The van der Waals surface area contributed by atoms with Crippen LogP contribution in [0.25, 0.3) is 10.2 Å². The third-order valence-electron chi connectivity index (χ3n) is 5.59. The van der Waals surface area contributed by atoms with Gasteiger partial charge in [0.2, 0.25) is 0 Å². The second kappa shape index (κ2) is 15.2. The number of nitro groups is 1. The molecule has 0 unspecified atom stereocenters. The standard InChI is InChI=1S/C18H13ClF3NO7.C10H11N3OS/c1-2-28-16(24)9-29-17(25)12-8-11(4-5-14(12)23(26)27)30-15-6-3-10(7-13(15)19)18(20,21)22;1-11-9(14)13(2)10-12-7-5-3-4-6-8(7)15-10/h3-8H,2,9H2,1H3;3-6H,1-2H3,(H,11,14). The van der Waals surface area contributed by atoms with E-state index in [0.29, 0.717) is 11.2 Å². The van der Waals surface area contributed by atoms with Crippen LogP contribution in [-0.2, 0) is 20.4 Å². The van der Waals surface area contributed by atoms with E-state index in [0.717, 1.165) is 40.5 Å². The molecule has 17 heteroatoms. The number of carbonyl (C=O) groups excluding carboxylic acids is 3. The second-order valence-electron chi connectivity index (χ2n) is 8.64. The normalized spacial score (nSPS) is 10.7. The number of alkyl halides is 3. The highest BCUT2D eigenvalue weighted by molar-refractivity contribution is 7.22. The van der Waals surface area contributed by atoms with Crippen LogP contribution in [0.5, 0.6) is 11.5 Å². The van der Waals surface area contributed by atoms with Gasteiger partial charge in [-0.3, -0.25) is 15.0 Å². The average Bonchev–Trinajstić information content (AvgIpc) is 3.44. The maximum Gasteiger partial charge on any atom is 0.416 e. The van der Waals surface area contributed by atoms with Crippen molar-refractivity contribution >= 4 is 61.9 Å². The van der Waals surface area contributed by atoms with Gasteiger partial charge in [0, 0.05) is 26.2 Å². The summed E-state index contributed by atoms with van der Waals surface area (Å²) in [6.45, 7) is 0.825. The van der Waals surface area contributed by atoms with Gasteiger partial charge in [0.1, 0.15) is 17.1 Å². The van der Waals surface area contributed by atoms with Gasteiger partial charge in [-0.25, -0.2) is 19.4 Å². The van der Waals surface area contributed by atoms with Gasteiger partial charge in [0.15, 0.2) is 11.7 Å². The molecular formula is C28H24ClF3N4O8S. The lowest BCUT2D eigenvalue weighted by atomic mass is 10.1. The molecule has 1 heterocycles. The molecule has 0 saturated carbocycles. The Balaban J connectivity index is 0.000000305. The number of urea groups is 1. The van der Waals surface area contributed by atoms with E-state index in [2.05, 4.69) is 15.0 Å². The second-order valence-corrected chi connectivity index (χ2v) is 10.1. The van der Waals surface area contributed by atoms with Crippen LogP contribution in [0.1, 0.15) is 22.8 Å². The molecule has 238 valence electrons. The number of halogens is 4. The molecule has 1 N–H and O–H groups in total. The van der Waals surface area contributed by atoms with Gasteiger partial charge in [-0.05, 0) is 43.3 Å². The Morgan fingerprint density at radius 1 is 1.09 bits per heavy atom. The number of esters is 2. The lowest BCUT2D eigenvalue weighted by Crippen LogP contribution is -2.34. The average molecular weight is 669 g/mol. The Labute approximate surface area is 262 Å². The van der Waals surface area contributed by atoms with Crippen molar-refractivity contribution < 1.29 is 46.7 Å². The van der Waals surface area contributed by atoms with Crippen molar-refractivity contribution in [1.82, 2.24) is 10.3 Å². The summed E-state index contributed by atoms with van der Waals surface area (Å²) in [7, 11) is 3.31. The van der Waals surface area contributed by atoms with Crippen molar-refractivity contribution in [2.45, 2.75) is 13.1 Å². The first-order valence-corrected chi connectivity index (χ1v) is 13.9. The van der Waals surface area contributed by atoms with Crippen LogP contribution >= 0.6 is 22.9 Å². The number of ether oxygens (including phenoxy) is 3. The predicted octanol–water partition coefficient (Wildman–Crippen LogP) is 6.85. The number of benzene rings is 3. The van der Waals surface area contributed by atoms with Crippen LogP contribution in [0.15, 0.2) is 60.7 Å². The van der Waals surface area contributed by atoms with Gasteiger partial charge in [-0.1, -0.05) is 35.1 Å². The zero-order valence-corrected chi connectivity index (χ0v) is 25.3. The van der Waals surface area contributed by atoms with Gasteiger partial charge >= 0.3 is 24.1 Å². The van der Waals surface area contributed by atoms with Crippen molar-refractivity contribution in [3.8, 4) is 11.5 Å². The SMILES string of the molecule is CCOC(=O)COC(=O)c1cc(Oc2ccc(C(F)(F)F)cc2Cl)ccc1[N+](=O)[O-].CNC(=O)N(C)c1nc2ccccc2s1. The van der Waals surface area contributed by atoms with E-state index in [4.69, 9.17) is 21.1 Å². The Bertz CT molecular complexity index is 1680. The fourth-order valence-corrected chi connectivity index (χ4v) is 4.60. The van der Waals surface area contributed by atoms with E-state index >= 15 is 0 Å². The summed E-state index contributed by atoms with van der Waals surface area (Å²) in [6, 6.07) is 13.0. The number of amides is 2. The predicted molar refractivity (Wildman–Crippen MR) is 159 cm³/mol. The van der Waals surface area contributed by atoms with Gasteiger partial charge in [-0.2, -0.15) is 13.2 Å². The summed E-state index contributed by atoms with van der Waals surface area (Å²) in [4.78, 5) is 51.0. The highest BCUT2D eigenvalue weighted by Crippen LogP contribution is 2.37. The molecule has 4 rings (SSSR count). The molecular weight excluding hydrogens is 645 g/mol. The lowest BCUT2D eigenvalue weighted by molar-refractivity contribution is -0.385. The number of thiazole rings is 1. The molecule has 0 aliphatic rings. The number of para-hydroxylation sites is 1. The number of nitro benzene ring substituents is 1. The van der Waals surface area contributed by atoms with E-state index in [1.165, 1.54) is 23.2 Å². The molecule has 0 spiro atoms. The van der Waals surface area contributed by atoms with Crippen molar-refractivity contribution in [1.29, 1.82) is 0 Å². The number of anilines is 1. The summed E-state index contributed by atoms with van der Waals surface area (Å²) >= 11 is 7.31. The molecule has 12 nitrogen and oxygen atoms in total. The van der Waals surface area contributed by atoms with Crippen molar-refractivity contribution in [2.24, 2.45) is 0 Å². The van der Waals surface area contributed by atoms with E-state index in [-0.39, 0.29) is 29.2 Å². The van der Waals surface area contributed by atoms with Gasteiger partial charge in [0.25, 0.3) is 5.69 Å². The van der Waals surface area contributed by atoms with E-state index in [1.807, 2.05) is 24.3 Å². The third-order valence-corrected chi connectivity index (χ3v) is 6.99. The molecule has 3 aromatic carbocycles. The first-order chi connectivity index (χ1) is 21.2. The van der Waals surface area contributed by atoms with Crippen LogP contribution < -0.4 is 15.0 Å². The molecule has 0 saturated heterocycles. The monoisotopic (exact) mass is 668 g/mol. The summed E-state index contributed by atoms with van der Waals surface area (Å²) in [6.07, 6.45) is -4.61. The van der Waals surface area contributed by atoms with E-state index in [9.17, 15) is 37.7 Å². The fourth-order valence-electron chi connectivity index (χ4n) is 3.45. The number of nitrogens with zero attached hydrogens (tertiary/aromatic N) is 3. The van der Waals surface area contributed by atoms with Crippen LogP contribution in [0.4, 0.5) is 28.8 Å².